The van der Waals surface area contributed by atoms with Crippen molar-refractivity contribution >= 4 is 40.5 Å². The van der Waals surface area contributed by atoms with Crippen molar-refractivity contribution in [2.45, 2.75) is 0 Å². The molecule has 0 spiro atoms. The highest BCUT2D eigenvalue weighted by Crippen LogP contribution is 2.27. The first-order chi connectivity index (χ1) is 12.3. The minimum atomic E-state index is -0.567. The van der Waals surface area contributed by atoms with Crippen LogP contribution in [-0.4, -0.2) is 37.6 Å². The standard InChI is InChI=1S/C17H17Cl2N3O4/c1-21(8-9-26-14-5-2-12(18)3-6-14)11-17(23)20-15-10-13(19)4-7-16(15)22(24)25/h2-7,10H,8-9,11H2,1H3,(H,20,23)/p+1. The molecule has 0 radical (unpaired) electrons. The van der Waals surface area contributed by atoms with Gasteiger partial charge in [0.05, 0.1) is 12.0 Å². The lowest BCUT2D eigenvalue weighted by Gasteiger charge is -2.14. The molecule has 0 bridgehead atoms. The van der Waals surface area contributed by atoms with Crippen LogP contribution in [0.3, 0.4) is 0 Å². The average molecular weight is 399 g/mol. The molecule has 1 unspecified atom stereocenters. The Morgan fingerprint density at radius 3 is 2.50 bits per heavy atom. The van der Waals surface area contributed by atoms with Gasteiger partial charge in [-0.3, -0.25) is 14.9 Å². The van der Waals surface area contributed by atoms with E-state index in [1.165, 1.54) is 18.2 Å². The summed E-state index contributed by atoms with van der Waals surface area (Å²) in [5.74, 6) is 0.348. The van der Waals surface area contributed by atoms with Crippen molar-refractivity contribution in [1.82, 2.24) is 0 Å². The number of halogens is 2. The molecular weight excluding hydrogens is 381 g/mol. The maximum Gasteiger partial charge on any atom is 0.292 e. The summed E-state index contributed by atoms with van der Waals surface area (Å²) in [5, 5.41) is 14.5. The molecule has 1 amide bonds. The zero-order valence-corrected chi connectivity index (χ0v) is 15.5. The Hall–Kier alpha value is -2.35. The number of amides is 1. The Morgan fingerprint density at radius 2 is 1.85 bits per heavy atom. The monoisotopic (exact) mass is 398 g/mol. The minimum Gasteiger partial charge on any atom is -0.488 e. The van der Waals surface area contributed by atoms with Crippen molar-refractivity contribution in [3.8, 4) is 5.75 Å². The third-order valence-corrected chi connectivity index (χ3v) is 3.99. The van der Waals surface area contributed by atoms with E-state index in [1.807, 2.05) is 7.05 Å². The molecule has 0 aromatic heterocycles. The number of nitrogens with zero attached hydrogens (tertiary/aromatic N) is 1. The highest BCUT2D eigenvalue weighted by atomic mass is 35.5. The van der Waals surface area contributed by atoms with E-state index in [4.69, 9.17) is 27.9 Å². The molecule has 1 atom stereocenters. The maximum atomic E-state index is 12.1. The summed E-state index contributed by atoms with van der Waals surface area (Å²) in [5.41, 5.74) is -0.121. The normalized spacial score (nSPS) is 11.7. The number of nitrogens with one attached hydrogen (secondary N) is 2. The number of nitro groups is 1. The molecule has 0 aliphatic heterocycles. The molecule has 138 valence electrons. The molecule has 2 aromatic carbocycles. The summed E-state index contributed by atoms with van der Waals surface area (Å²) in [6, 6.07) is 11.0. The van der Waals surface area contributed by atoms with Crippen molar-refractivity contribution in [3.05, 3.63) is 62.6 Å². The van der Waals surface area contributed by atoms with Crippen LogP contribution in [-0.2, 0) is 4.79 Å². The first-order valence-electron chi connectivity index (χ1n) is 7.78. The number of hydrogen-bond donors (Lipinski definition) is 2. The fourth-order valence-electron chi connectivity index (χ4n) is 2.20. The second-order valence-corrected chi connectivity index (χ2v) is 6.53. The van der Waals surface area contributed by atoms with E-state index in [9.17, 15) is 14.9 Å². The predicted octanol–water partition coefficient (Wildman–Crippen LogP) is 2.43. The van der Waals surface area contributed by atoms with E-state index in [0.717, 1.165) is 4.90 Å². The summed E-state index contributed by atoms with van der Waals surface area (Å²) < 4.78 is 5.58. The summed E-state index contributed by atoms with van der Waals surface area (Å²) >= 11 is 11.6. The molecule has 0 heterocycles. The maximum absolute atomic E-state index is 12.1. The van der Waals surface area contributed by atoms with Crippen LogP contribution in [0.4, 0.5) is 11.4 Å². The number of carbonyl (C=O) groups is 1. The molecule has 0 aliphatic carbocycles. The van der Waals surface area contributed by atoms with Crippen molar-refractivity contribution < 1.29 is 19.4 Å². The van der Waals surface area contributed by atoms with Crippen LogP contribution in [0.5, 0.6) is 5.75 Å². The van der Waals surface area contributed by atoms with Crippen molar-refractivity contribution in [1.29, 1.82) is 0 Å². The van der Waals surface area contributed by atoms with Crippen LogP contribution >= 0.6 is 23.2 Å². The second kappa shape index (κ2) is 9.38. The molecule has 0 fully saturated rings. The van der Waals surface area contributed by atoms with Crippen LogP contribution < -0.4 is 15.0 Å². The Bertz CT molecular complexity index is 784. The lowest BCUT2D eigenvalue weighted by molar-refractivity contribution is -0.871. The fraction of sp³-hybridized carbons (Fsp3) is 0.235. The zero-order valence-electron chi connectivity index (χ0n) is 14.0. The summed E-state index contributed by atoms with van der Waals surface area (Å²) in [6.07, 6.45) is 0. The Labute approximate surface area is 160 Å². The molecular formula is C17H18Cl2N3O4+. The van der Waals surface area contributed by atoms with Gasteiger partial charge in [-0.1, -0.05) is 23.2 Å². The minimum absolute atomic E-state index is 0.0812. The van der Waals surface area contributed by atoms with E-state index in [1.54, 1.807) is 24.3 Å². The van der Waals surface area contributed by atoms with Gasteiger partial charge in [-0.2, -0.15) is 0 Å². The first kappa shape index (κ1) is 20.0. The van der Waals surface area contributed by atoms with Gasteiger partial charge in [0.15, 0.2) is 6.54 Å². The van der Waals surface area contributed by atoms with Gasteiger partial charge in [0.25, 0.3) is 11.6 Å². The molecule has 0 saturated heterocycles. The third-order valence-electron chi connectivity index (χ3n) is 3.50. The van der Waals surface area contributed by atoms with Gasteiger partial charge in [0.1, 0.15) is 24.6 Å². The summed E-state index contributed by atoms with van der Waals surface area (Å²) in [4.78, 5) is 23.5. The number of ether oxygens (including phenoxy) is 1. The van der Waals surface area contributed by atoms with Crippen molar-refractivity contribution in [2.24, 2.45) is 0 Å². The molecule has 26 heavy (non-hydrogen) atoms. The third kappa shape index (κ3) is 6.18. The second-order valence-electron chi connectivity index (χ2n) is 5.65. The Balaban J connectivity index is 1.83. The highest BCUT2D eigenvalue weighted by molar-refractivity contribution is 6.31. The van der Waals surface area contributed by atoms with Gasteiger partial charge in [0, 0.05) is 16.1 Å². The number of rotatable bonds is 8. The number of anilines is 1. The lowest BCUT2D eigenvalue weighted by Crippen LogP contribution is -3.10. The molecule has 2 aromatic rings. The van der Waals surface area contributed by atoms with Crippen LogP contribution in [0.15, 0.2) is 42.5 Å². The molecule has 0 aliphatic rings. The van der Waals surface area contributed by atoms with E-state index in [0.29, 0.717) is 28.9 Å². The van der Waals surface area contributed by atoms with E-state index in [-0.39, 0.29) is 23.8 Å². The van der Waals surface area contributed by atoms with Gasteiger partial charge < -0.3 is 15.0 Å². The smallest absolute Gasteiger partial charge is 0.292 e. The largest absolute Gasteiger partial charge is 0.488 e. The van der Waals surface area contributed by atoms with Gasteiger partial charge in [0.2, 0.25) is 0 Å². The lowest BCUT2D eigenvalue weighted by atomic mass is 10.2. The number of carbonyl (C=O) groups excluding carboxylic acids is 1. The molecule has 0 saturated carbocycles. The fourth-order valence-corrected chi connectivity index (χ4v) is 2.50. The quantitative estimate of drug-likeness (QED) is 0.528. The van der Waals surface area contributed by atoms with Crippen LogP contribution in [0, 0.1) is 10.1 Å². The van der Waals surface area contributed by atoms with Crippen LogP contribution in [0.25, 0.3) is 0 Å². The molecule has 9 heteroatoms. The summed E-state index contributed by atoms with van der Waals surface area (Å²) in [7, 11) is 1.83. The topological polar surface area (TPSA) is 85.9 Å². The van der Waals surface area contributed by atoms with Crippen molar-refractivity contribution in [3.63, 3.8) is 0 Å². The van der Waals surface area contributed by atoms with Crippen LogP contribution in [0.1, 0.15) is 0 Å². The van der Waals surface area contributed by atoms with Gasteiger partial charge >= 0.3 is 0 Å². The number of quaternary nitrogens is 1. The first-order valence-corrected chi connectivity index (χ1v) is 8.54. The van der Waals surface area contributed by atoms with E-state index < -0.39 is 4.92 Å². The van der Waals surface area contributed by atoms with E-state index >= 15 is 0 Å². The number of hydrogen-bond acceptors (Lipinski definition) is 4. The Morgan fingerprint density at radius 1 is 1.19 bits per heavy atom. The Kier molecular flexibility index (Phi) is 7.20. The summed E-state index contributed by atoms with van der Waals surface area (Å²) in [6.45, 7) is 1.12. The SMILES string of the molecule is C[NH+](CCOc1ccc(Cl)cc1)CC(=O)Nc1cc(Cl)ccc1[N+](=O)[O-]. The molecule has 2 rings (SSSR count). The van der Waals surface area contributed by atoms with Gasteiger partial charge in [-0.05, 0) is 36.4 Å². The van der Waals surface area contributed by atoms with Gasteiger partial charge in [-0.25, -0.2) is 0 Å². The average Bonchev–Trinajstić information content (AvgIpc) is 2.56. The van der Waals surface area contributed by atoms with Gasteiger partial charge in [-0.15, -0.1) is 0 Å². The molecule has 2 N–H and O–H groups in total. The number of likely N-dealkylation sites (N-methyl/N-ethyl adjacent to an activating group) is 1. The zero-order chi connectivity index (χ0) is 19.1. The van der Waals surface area contributed by atoms with Crippen LogP contribution in [0.2, 0.25) is 10.0 Å². The molecule has 7 nitrogen and oxygen atoms in total. The highest BCUT2D eigenvalue weighted by Gasteiger charge is 2.18. The van der Waals surface area contributed by atoms with E-state index in [2.05, 4.69) is 5.32 Å². The number of benzene rings is 2. The predicted molar refractivity (Wildman–Crippen MR) is 100 cm³/mol. The van der Waals surface area contributed by atoms with Crippen molar-refractivity contribution in [2.75, 3.05) is 32.1 Å². The number of nitro benzene ring substituents is 1.